The number of ether oxygens (including phenoxy) is 3. The predicted molar refractivity (Wildman–Crippen MR) is 120 cm³/mol. The number of carbonyl (C=O) groups excluding carboxylic acids is 4. The second-order valence-electron chi connectivity index (χ2n) is 9.86. The number of hydrogen-bond donors (Lipinski definition) is 2. The zero-order valence-electron chi connectivity index (χ0n) is 21.0. The quantitative estimate of drug-likeness (QED) is 0.554. The minimum Gasteiger partial charge on any atom is -0.497 e. The summed E-state index contributed by atoms with van der Waals surface area (Å²) < 4.78 is 55.6. The van der Waals surface area contributed by atoms with E-state index in [2.05, 4.69) is 0 Å². The van der Waals surface area contributed by atoms with E-state index in [1.807, 2.05) is 0 Å². The van der Waals surface area contributed by atoms with Gasteiger partial charge in [-0.3, -0.25) is 9.59 Å². The van der Waals surface area contributed by atoms with Gasteiger partial charge >= 0.3 is 24.1 Å². The molecule has 1 heterocycles. The molecule has 0 aromatic heterocycles. The van der Waals surface area contributed by atoms with Crippen LogP contribution in [-0.2, 0) is 35.9 Å². The highest BCUT2D eigenvalue weighted by Crippen LogP contribution is 2.53. The summed E-state index contributed by atoms with van der Waals surface area (Å²) in [6, 6.07) is 4.08. The van der Waals surface area contributed by atoms with Crippen LogP contribution in [-0.4, -0.2) is 71.5 Å². The summed E-state index contributed by atoms with van der Waals surface area (Å²) in [5.74, 6) is -6.19. The van der Waals surface area contributed by atoms with Crippen molar-refractivity contribution in [1.29, 1.82) is 0 Å². The number of imide groups is 1. The number of benzene rings is 1. The number of likely N-dealkylation sites (tertiary alicyclic amines) is 1. The van der Waals surface area contributed by atoms with Crippen molar-refractivity contribution in [3.63, 3.8) is 0 Å². The molecule has 1 fully saturated rings. The number of alkyl halides is 3. The first-order valence-electron chi connectivity index (χ1n) is 11.5. The molecule has 10 nitrogen and oxygen atoms in total. The van der Waals surface area contributed by atoms with Gasteiger partial charge in [0.1, 0.15) is 17.0 Å². The summed E-state index contributed by atoms with van der Waals surface area (Å²) in [5.41, 5.74) is -6.34. The SMILES string of the molecule is CCOC(=O)C1(NC(=O)C(F)(F)F)Cc2cc(OC)ccc2C1(O)C1CCN(C(=O)OC(C)(C)C)C1=O. The van der Waals surface area contributed by atoms with Crippen molar-refractivity contribution in [3.05, 3.63) is 29.3 Å². The highest BCUT2D eigenvalue weighted by molar-refractivity contribution is 5.99. The van der Waals surface area contributed by atoms with Crippen LogP contribution in [0.5, 0.6) is 5.75 Å². The highest BCUT2D eigenvalue weighted by atomic mass is 19.4. The normalized spacial score (nSPS) is 25.5. The maximum atomic E-state index is 13.5. The van der Waals surface area contributed by atoms with E-state index in [0.29, 0.717) is 0 Å². The molecule has 3 amide bonds. The van der Waals surface area contributed by atoms with Crippen molar-refractivity contribution in [2.75, 3.05) is 20.3 Å². The maximum absolute atomic E-state index is 13.5. The molecule has 0 saturated carbocycles. The lowest BCUT2D eigenvalue weighted by molar-refractivity contribution is -0.190. The fourth-order valence-electron chi connectivity index (χ4n) is 4.85. The van der Waals surface area contributed by atoms with Gasteiger partial charge in [-0.2, -0.15) is 13.2 Å². The number of aliphatic hydroxyl groups is 1. The van der Waals surface area contributed by atoms with E-state index >= 15 is 0 Å². The molecule has 0 bridgehead atoms. The van der Waals surface area contributed by atoms with Gasteiger partial charge in [0.05, 0.1) is 19.6 Å². The fraction of sp³-hybridized carbons (Fsp3) is 0.583. The first-order valence-corrected chi connectivity index (χ1v) is 11.5. The van der Waals surface area contributed by atoms with Crippen LogP contribution in [0.4, 0.5) is 18.0 Å². The van der Waals surface area contributed by atoms with Gasteiger partial charge in [0, 0.05) is 13.0 Å². The molecule has 13 heteroatoms. The van der Waals surface area contributed by atoms with Crippen molar-refractivity contribution in [2.24, 2.45) is 5.92 Å². The zero-order chi connectivity index (χ0) is 28.0. The van der Waals surface area contributed by atoms with Gasteiger partial charge in [0.15, 0.2) is 5.54 Å². The van der Waals surface area contributed by atoms with Crippen molar-refractivity contribution in [2.45, 2.75) is 63.5 Å². The minimum absolute atomic E-state index is 0.0757. The average Bonchev–Trinajstić information content (AvgIpc) is 3.28. The minimum atomic E-state index is -5.42. The Labute approximate surface area is 211 Å². The van der Waals surface area contributed by atoms with Gasteiger partial charge in [0.25, 0.3) is 0 Å². The predicted octanol–water partition coefficient (Wildman–Crippen LogP) is 2.20. The van der Waals surface area contributed by atoms with Crippen molar-refractivity contribution in [1.82, 2.24) is 10.2 Å². The average molecular weight is 530 g/mol. The van der Waals surface area contributed by atoms with Gasteiger partial charge in [-0.1, -0.05) is 6.07 Å². The zero-order valence-corrected chi connectivity index (χ0v) is 21.0. The summed E-state index contributed by atoms with van der Waals surface area (Å²) in [6.45, 7) is 5.60. The molecule has 1 saturated heterocycles. The Bertz CT molecular complexity index is 1120. The van der Waals surface area contributed by atoms with Gasteiger partial charge in [0.2, 0.25) is 5.91 Å². The lowest BCUT2D eigenvalue weighted by atomic mass is 9.70. The molecule has 3 atom stereocenters. The summed E-state index contributed by atoms with van der Waals surface area (Å²) in [7, 11) is 1.34. The van der Waals surface area contributed by atoms with E-state index < -0.39 is 59.1 Å². The summed E-state index contributed by atoms with van der Waals surface area (Å²) in [4.78, 5) is 52.3. The van der Waals surface area contributed by atoms with Crippen molar-refractivity contribution in [3.8, 4) is 5.75 Å². The smallest absolute Gasteiger partial charge is 0.471 e. The van der Waals surface area contributed by atoms with E-state index in [1.165, 1.54) is 32.2 Å². The molecule has 1 aliphatic heterocycles. The Morgan fingerprint density at radius 3 is 2.41 bits per heavy atom. The van der Waals surface area contributed by atoms with Gasteiger partial charge in [-0.25, -0.2) is 14.5 Å². The number of carbonyl (C=O) groups is 4. The summed E-state index contributed by atoms with van der Waals surface area (Å²) in [6.07, 6.45) is -7.30. The van der Waals surface area contributed by atoms with E-state index in [0.717, 1.165) is 4.90 Å². The monoisotopic (exact) mass is 530 g/mol. The molecule has 0 spiro atoms. The first kappa shape index (κ1) is 28.2. The molecule has 2 N–H and O–H groups in total. The number of nitrogens with zero attached hydrogens (tertiary/aromatic N) is 1. The molecule has 1 aromatic rings. The van der Waals surface area contributed by atoms with E-state index in [4.69, 9.17) is 14.2 Å². The third kappa shape index (κ3) is 4.83. The molecule has 1 aromatic carbocycles. The van der Waals surface area contributed by atoms with Gasteiger partial charge < -0.3 is 24.6 Å². The number of methoxy groups -OCH3 is 1. The Morgan fingerprint density at radius 1 is 1.22 bits per heavy atom. The van der Waals surface area contributed by atoms with Crippen LogP contribution in [0.3, 0.4) is 0 Å². The largest absolute Gasteiger partial charge is 0.497 e. The number of hydrogen-bond acceptors (Lipinski definition) is 8. The Kier molecular flexibility index (Phi) is 7.25. The molecule has 1 aliphatic carbocycles. The number of fused-ring (bicyclic) bond motifs is 1. The lowest BCUT2D eigenvalue weighted by Gasteiger charge is -2.43. The molecule has 3 unspecified atom stereocenters. The van der Waals surface area contributed by atoms with E-state index in [1.54, 1.807) is 26.1 Å². The van der Waals surface area contributed by atoms with Crippen molar-refractivity contribution >= 4 is 23.9 Å². The number of rotatable bonds is 5. The summed E-state index contributed by atoms with van der Waals surface area (Å²) >= 11 is 0. The third-order valence-corrected chi connectivity index (χ3v) is 6.36. The Morgan fingerprint density at radius 2 is 1.86 bits per heavy atom. The number of halogens is 3. The topological polar surface area (TPSA) is 131 Å². The van der Waals surface area contributed by atoms with Gasteiger partial charge in [-0.15, -0.1) is 0 Å². The highest BCUT2D eigenvalue weighted by Gasteiger charge is 2.70. The molecule has 3 rings (SSSR count). The second kappa shape index (κ2) is 9.51. The second-order valence-corrected chi connectivity index (χ2v) is 9.86. The molecule has 204 valence electrons. The van der Waals surface area contributed by atoms with Gasteiger partial charge in [-0.05, 0) is 57.4 Å². The van der Waals surface area contributed by atoms with Crippen LogP contribution in [0.1, 0.15) is 45.2 Å². The molecule has 2 aliphatic rings. The number of amides is 3. The third-order valence-electron chi connectivity index (χ3n) is 6.36. The van der Waals surface area contributed by atoms with Crippen LogP contribution >= 0.6 is 0 Å². The Balaban J connectivity index is 2.20. The fourth-order valence-corrected chi connectivity index (χ4v) is 4.85. The molecule has 0 radical (unpaired) electrons. The van der Waals surface area contributed by atoms with E-state index in [-0.39, 0.29) is 36.4 Å². The Hall–Kier alpha value is -3.35. The summed E-state index contributed by atoms with van der Waals surface area (Å²) in [5, 5.41) is 13.9. The standard InChI is InChI=1S/C24H29F3N2O8/c1-6-36-19(32)22(28-18(31)24(25,26)27)12-13-11-14(35-5)7-8-15(13)23(22,34)16-9-10-29(17(16)30)20(33)37-21(2,3)4/h7-8,11,16,34H,6,9-10,12H2,1-5H3,(H,28,31). The first-order chi connectivity index (χ1) is 17.0. The van der Waals surface area contributed by atoms with Crippen LogP contribution in [0, 0.1) is 5.92 Å². The van der Waals surface area contributed by atoms with Crippen LogP contribution in [0.25, 0.3) is 0 Å². The number of nitrogens with one attached hydrogen (secondary N) is 1. The molecular formula is C24H29F3N2O8. The molecule has 37 heavy (non-hydrogen) atoms. The lowest BCUT2D eigenvalue weighted by Crippen LogP contribution is -2.70. The van der Waals surface area contributed by atoms with Crippen LogP contribution < -0.4 is 10.1 Å². The van der Waals surface area contributed by atoms with E-state index in [9.17, 15) is 37.5 Å². The molecular weight excluding hydrogens is 501 g/mol. The van der Waals surface area contributed by atoms with Crippen molar-refractivity contribution < 1.29 is 51.7 Å². The maximum Gasteiger partial charge on any atom is 0.471 e. The van der Waals surface area contributed by atoms with Crippen LogP contribution in [0.15, 0.2) is 18.2 Å². The van der Waals surface area contributed by atoms with Crippen LogP contribution in [0.2, 0.25) is 0 Å². The number of esters is 1.